The number of nitrogens with zero attached hydrogens (tertiary/aromatic N) is 1. The lowest BCUT2D eigenvalue weighted by Crippen LogP contribution is -2.36. The Hall–Kier alpha value is -1.42. The van der Waals surface area contributed by atoms with Gasteiger partial charge in [-0.25, -0.2) is 0 Å². The maximum absolute atomic E-state index is 6.22. The van der Waals surface area contributed by atoms with Crippen LogP contribution < -0.4 is 16.8 Å². The van der Waals surface area contributed by atoms with Crippen LogP contribution in [0.4, 0.5) is 17.1 Å². The summed E-state index contributed by atoms with van der Waals surface area (Å²) in [5.74, 6) is 0.607. The predicted molar refractivity (Wildman–Crippen MR) is 83.5 cm³/mol. The van der Waals surface area contributed by atoms with E-state index < -0.39 is 0 Å². The monoisotopic (exact) mass is 262 g/mol. The van der Waals surface area contributed by atoms with Gasteiger partial charge in [0, 0.05) is 24.3 Å². The highest BCUT2D eigenvalue weighted by molar-refractivity contribution is 5.80. The largest absolute Gasteiger partial charge is 0.398 e. The molecule has 1 aliphatic rings. The molecule has 0 amide bonds. The van der Waals surface area contributed by atoms with Crippen LogP contribution in [-0.2, 0) is 6.42 Å². The molecule has 106 valence electrons. The first-order valence-corrected chi connectivity index (χ1v) is 7.20. The minimum atomic E-state index is 0.607. The number of benzene rings is 1. The van der Waals surface area contributed by atoms with Crippen molar-refractivity contribution in [3.8, 4) is 0 Å². The molecule has 1 heterocycles. The van der Waals surface area contributed by atoms with Crippen LogP contribution in [0.5, 0.6) is 0 Å². The third-order valence-electron chi connectivity index (χ3n) is 4.18. The number of nitrogens with one attached hydrogen (secondary N) is 1. The van der Waals surface area contributed by atoms with Gasteiger partial charge in [0.2, 0.25) is 0 Å². The van der Waals surface area contributed by atoms with Crippen molar-refractivity contribution in [2.45, 2.75) is 27.2 Å². The van der Waals surface area contributed by atoms with E-state index in [2.05, 4.69) is 24.1 Å². The molecule has 0 saturated carbocycles. The van der Waals surface area contributed by atoms with E-state index in [1.54, 1.807) is 0 Å². The van der Waals surface area contributed by atoms with Gasteiger partial charge in [0.25, 0.3) is 0 Å². The number of hydrogen-bond acceptors (Lipinski definition) is 4. The van der Waals surface area contributed by atoms with Crippen LogP contribution in [0.15, 0.2) is 6.07 Å². The number of aryl methyl sites for hydroxylation is 1. The van der Waals surface area contributed by atoms with Crippen LogP contribution in [0, 0.1) is 12.8 Å². The molecule has 0 spiro atoms. The molecule has 0 saturated heterocycles. The zero-order valence-corrected chi connectivity index (χ0v) is 12.3. The smallest absolute Gasteiger partial charge is 0.0627 e. The molecule has 19 heavy (non-hydrogen) atoms. The highest BCUT2D eigenvalue weighted by Gasteiger charge is 2.23. The highest BCUT2D eigenvalue weighted by atomic mass is 15.1. The fourth-order valence-electron chi connectivity index (χ4n) is 2.93. The average Bonchev–Trinajstić information content (AvgIpc) is 2.42. The summed E-state index contributed by atoms with van der Waals surface area (Å²) in [6, 6.07) is 1.96. The first-order chi connectivity index (χ1) is 9.06. The summed E-state index contributed by atoms with van der Waals surface area (Å²) in [6.07, 6.45) is 1.02. The van der Waals surface area contributed by atoms with Crippen LogP contribution in [0.2, 0.25) is 0 Å². The summed E-state index contributed by atoms with van der Waals surface area (Å²) >= 11 is 0. The Bertz CT molecular complexity index is 452. The summed E-state index contributed by atoms with van der Waals surface area (Å²) < 4.78 is 0. The van der Waals surface area contributed by atoms with Gasteiger partial charge in [0.1, 0.15) is 0 Å². The molecule has 1 aliphatic heterocycles. The third-order valence-corrected chi connectivity index (χ3v) is 4.18. The van der Waals surface area contributed by atoms with Gasteiger partial charge in [0.05, 0.1) is 11.4 Å². The van der Waals surface area contributed by atoms with E-state index in [-0.39, 0.29) is 0 Å². The van der Waals surface area contributed by atoms with Gasteiger partial charge in [0.15, 0.2) is 0 Å². The maximum Gasteiger partial charge on any atom is 0.0627 e. The van der Waals surface area contributed by atoms with Crippen LogP contribution >= 0.6 is 0 Å². The Morgan fingerprint density at radius 1 is 1.32 bits per heavy atom. The van der Waals surface area contributed by atoms with E-state index in [1.807, 2.05) is 13.0 Å². The topological polar surface area (TPSA) is 67.3 Å². The molecule has 0 fully saturated rings. The quantitative estimate of drug-likeness (QED) is 0.727. The molecular formula is C15H26N4. The fourth-order valence-corrected chi connectivity index (χ4v) is 2.93. The van der Waals surface area contributed by atoms with Crippen LogP contribution in [0.25, 0.3) is 0 Å². The predicted octanol–water partition coefficient (Wildman–Crippen LogP) is 2.09. The highest BCUT2D eigenvalue weighted by Crippen LogP contribution is 2.36. The second kappa shape index (κ2) is 5.70. The standard InChI is InChI=1S/C15H26N4/c1-4-19(5-2)9-11-7-12-14(17)10(3)6-13(16)15(12)18-8-11/h6,11,18H,4-5,7-9,16-17H2,1-3H3. The minimum Gasteiger partial charge on any atom is -0.398 e. The Balaban J connectivity index is 2.19. The molecule has 0 radical (unpaired) electrons. The molecule has 0 bridgehead atoms. The number of nitrogens with two attached hydrogens (primary N) is 2. The Kier molecular flexibility index (Phi) is 4.20. The molecule has 1 unspecified atom stereocenters. The van der Waals surface area contributed by atoms with Gasteiger partial charge in [-0.15, -0.1) is 0 Å². The van der Waals surface area contributed by atoms with Crippen molar-refractivity contribution in [1.82, 2.24) is 4.90 Å². The van der Waals surface area contributed by atoms with Crippen molar-refractivity contribution in [2.75, 3.05) is 43.0 Å². The molecule has 5 N–H and O–H groups in total. The zero-order valence-electron chi connectivity index (χ0n) is 12.3. The molecule has 4 nitrogen and oxygen atoms in total. The SMILES string of the molecule is CCN(CC)CC1CNc2c(N)cc(C)c(N)c2C1. The molecule has 2 rings (SSSR count). The lowest BCUT2D eigenvalue weighted by Gasteiger charge is -2.32. The second-order valence-electron chi connectivity index (χ2n) is 5.49. The van der Waals surface area contributed by atoms with E-state index in [0.717, 1.165) is 55.2 Å². The van der Waals surface area contributed by atoms with E-state index in [1.165, 1.54) is 5.56 Å². The number of anilines is 3. The third kappa shape index (κ3) is 2.78. The van der Waals surface area contributed by atoms with E-state index in [4.69, 9.17) is 11.5 Å². The van der Waals surface area contributed by atoms with E-state index in [0.29, 0.717) is 5.92 Å². The summed E-state index contributed by atoms with van der Waals surface area (Å²) in [5, 5.41) is 3.47. The first kappa shape index (κ1) is 14.0. The molecule has 1 aromatic carbocycles. The van der Waals surface area contributed by atoms with Crippen molar-refractivity contribution in [3.05, 3.63) is 17.2 Å². The number of hydrogen-bond donors (Lipinski definition) is 3. The Morgan fingerprint density at radius 3 is 2.63 bits per heavy atom. The summed E-state index contributed by atoms with van der Waals surface area (Å²) in [5.41, 5.74) is 17.4. The van der Waals surface area contributed by atoms with Crippen molar-refractivity contribution in [1.29, 1.82) is 0 Å². The minimum absolute atomic E-state index is 0.607. The summed E-state index contributed by atoms with van der Waals surface area (Å²) in [4.78, 5) is 2.46. The summed E-state index contributed by atoms with van der Waals surface area (Å²) in [6.45, 7) is 10.8. The molecule has 1 aromatic rings. The van der Waals surface area contributed by atoms with Gasteiger partial charge in [-0.1, -0.05) is 13.8 Å². The van der Waals surface area contributed by atoms with Gasteiger partial charge in [-0.05, 0) is 44.0 Å². The molecule has 0 aromatic heterocycles. The lowest BCUT2D eigenvalue weighted by molar-refractivity contribution is 0.254. The zero-order chi connectivity index (χ0) is 14.0. The van der Waals surface area contributed by atoms with Gasteiger partial charge >= 0.3 is 0 Å². The van der Waals surface area contributed by atoms with E-state index >= 15 is 0 Å². The molecular weight excluding hydrogens is 236 g/mol. The Morgan fingerprint density at radius 2 is 2.00 bits per heavy atom. The first-order valence-electron chi connectivity index (χ1n) is 7.20. The van der Waals surface area contributed by atoms with Gasteiger partial charge < -0.3 is 21.7 Å². The van der Waals surface area contributed by atoms with Crippen LogP contribution in [0.3, 0.4) is 0 Å². The van der Waals surface area contributed by atoms with Crippen LogP contribution in [-0.4, -0.2) is 31.1 Å². The fraction of sp³-hybridized carbons (Fsp3) is 0.600. The number of nitrogen functional groups attached to an aromatic ring is 2. The summed E-state index contributed by atoms with van der Waals surface area (Å²) in [7, 11) is 0. The van der Waals surface area contributed by atoms with Gasteiger partial charge in [-0.2, -0.15) is 0 Å². The van der Waals surface area contributed by atoms with Crippen LogP contribution in [0.1, 0.15) is 25.0 Å². The van der Waals surface area contributed by atoms with Crippen molar-refractivity contribution in [3.63, 3.8) is 0 Å². The number of fused-ring (bicyclic) bond motifs is 1. The van der Waals surface area contributed by atoms with Crippen molar-refractivity contribution >= 4 is 17.1 Å². The maximum atomic E-state index is 6.22. The van der Waals surface area contributed by atoms with E-state index in [9.17, 15) is 0 Å². The molecule has 0 aliphatic carbocycles. The lowest BCUT2D eigenvalue weighted by atomic mass is 9.90. The molecule has 1 atom stereocenters. The average molecular weight is 262 g/mol. The van der Waals surface area contributed by atoms with Gasteiger partial charge in [-0.3, -0.25) is 0 Å². The Labute approximate surface area is 116 Å². The van der Waals surface area contributed by atoms with Crippen molar-refractivity contribution in [2.24, 2.45) is 5.92 Å². The normalized spacial score (nSPS) is 18.2. The number of rotatable bonds is 4. The molecule has 4 heteroatoms. The second-order valence-corrected chi connectivity index (χ2v) is 5.49. The van der Waals surface area contributed by atoms with Crippen molar-refractivity contribution < 1.29 is 0 Å².